The van der Waals surface area contributed by atoms with Crippen molar-refractivity contribution in [3.63, 3.8) is 0 Å². The van der Waals surface area contributed by atoms with E-state index in [1.54, 1.807) is 6.92 Å². The maximum atomic E-state index is 12.6. The molecule has 0 radical (unpaired) electrons. The Kier molecular flexibility index (Phi) is 3.94. The zero-order valence-corrected chi connectivity index (χ0v) is 13.6. The highest BCUT2D eigenvalue weighted by molar-refractivity contribution is 5.83. The van der Waals surface area contributed by atoms with Crippen LogP contribution in [0.1, 0.15) is 36.0 Å². The molecule has 1 heterocycles. The standard InChI is InChI=1S/C18H24N2O2/c1-12-4-5-15(10-13(12)2)16-11-17(16)18(22)20-8-6-19(7-9-20)14(3)21/h4-5,10,16-17H,6-9,11H2,1-3H3/t16-,17+/m1/s1. The Morgan fingerprint density at radius 2 is 1.64 bits per heavy atom. The monoisotopic (exact) mass is 300 g/mol. The number of hydrogen-bond acceptors (Lipinski definition) is 2. The van der Waals surface area contributed by atoms with Gasteiger partial charge in [0.2, 0.25) is 11.8 Å². The van der Waals surface area contributed by atoms with Gasteiger partial charge in [-0.05, 0) is 42.9 Å². The molecule has 1 saturated carbocycles. The average Bonchev–Trinajstić information content (AvgIpc) is 3.30. The summed E-state index contributed by atoms with van der Waals surface area (Å²) in [6.07, 6.45) is 0.967. The van der Waals surface area contributed by atoms with Crippen LogP contribution in [0, 0.1) is 19.8 Å². The lowest BCUT2D eigenvalue weighted by Gasteiger charge is -2.34. The van der Waals surface area contributed by atoms with Gasteiger partial charge in [-0.1, -0.05) is 18.2 Å². The molecule has 118 valence electrons. The summed E-state index contributed by atoms with van der Waals surface area (Å²) in [5.41, 5.74) is 3.89. The third-order valence-electron chi connectivity index (χ3n) is 5.10. The molecule has 4 nitrogen and oxygen atoms in total. The zero-order valence-electron chi connectivity index (χ0n) is 13.6. The summed E-state index contributed by atoms with van der Waals surface area (Å²) in [7, 11) is 0. The third-order valence-corrected chi connectivity index (χ3v) is 5.10. The van der Waals surface area contributed by atoms with Crippen molar-refractivity contribution in [2.75, 3.05) is 26.2 Å². The van der Waals surface area contributed by atoms with Gasteiger partial charge in [0, 0.05) is 39.0 Å². The van der Waals surface area contributed by atoms with E-state index >= 15 is 0 Å². The van der Waals surface area contributed by atoms with Crippen LogP contribution in [0.5, 0.6) is 0 Å². The summed E-state index contributed by atoms with van der Waals surface area (Å²) in [6, 6.07) is 6.53. The minimum absolute atomic E-state index is 0.103. The minimum atomic E-state index is 0.103. The van der Waals surface area contributed by atoms with Crippen LogP contribution in [-0.2, 0) is 9.59 Å². The van der Waals surface area contributed by atoms with Crippen LogP contribution in [0.25, 0.3) is 0 Å². The van der Waals surface area contributed by atoms with Gasteiger partial charge >= 0.3 is 0 Å². The quantitative estimate of drug-likeness (QED) is 0.839. The zero-order chi connectivity index (χ0) is 15.9. The van der Waals surface area contributed by atoms with Crippen molar-refractivity contribution < 1.29 is 9.59 Å². The van der Waals surface area contributed by atoms with Crippen LogP contribution < -0.4 is 0 Å². The molecular formula is C18H24N2O2. The third kappa shape index (κ3) is 2.87. The summed E-state index contributed by atoms with van der Waals surface area (Å²) in [6.45, 7) is 8.52. The molecule has 1 aromatic rings. The maximum absolute atomic E-state index is 12.6. The van der Waals surface area contributed by atoms with Crippen molar-refractivity contribution in [1.29, 1.82) is 0 Å². The molecule has 1 aliphatic carbocycles. The predicted octanol–water partition coefficient (Wildman–Crippen LogP) is 2.10. The number of amides is 2. The molecule has 3 rings (SSSR count). The Bertz CT molecular complexity index is 603. The molecule has 2 aliphatic rings. The SMILES string of the molecule is CC(=O)N1CCN(C(=O)[C@H]2C[C@@H]2c2ccc(C)c(C)c2)CC1. The van der Waals surface area contributed by atoms with Gasteiger partial charge < -0.3 is 9.80 Å². The van der Waals surface area contributed by atoms with Crippen molar-refractivity contribution in [2.45, 2.75) is 33.1 Å². The number of nitrogens with zero attached hydrogens (tertiary/aromatic N) is 2. The number of benzene rings is 1. The van der Waals surface area contributed by atoms with E-state index in [2.05, 4.69) is 32.0 Å². The van der Waals surface area contributed by atoms with Gasteiger partial charge in [-0.25, -0.2) is 0 Å². The fourth-order valence-corrected chi connectivity index (χ4v) is 3.31. The number of carbonyl (C=O) groups excluding carboxylic acids is 2. The first-order valence-corrected chi connectivity index (χ1v) is 8.09. The normalized spacial score (nSPS) is 24.3. The molecule has 1 aliphatic heterocycles. The van der Waals surface area contributed by atoms with Gasteiger partial charge in [0.05, 0.1) is 0 Å². The summed E-state index contributed by atoms with van der Waals surface area (Å²) in [4.78, 5) is 27.7. The lowest BCUT2D eigenvalue weighted by atomic mass is 10.0. The first-order valence-electron chi connectivity index (χ1n) is 8.09. The second-order valence-electron chi connectivity index (χ2n) is 6.62. The van der Waals surface area contributed by atoms with E-state index in [0.29, 0.717) is 32.1 Å². The van der Waals surface area contributed by atoms with Gasteiger partial charge in [0.25, 0.3) is 0 Å². The first kappa shape index (κ1) is 15.1. The number of aryl methyl sites for hydroxylation is 2. The molecule has 2 atom stereocenters. The summed E-state index contributed by atoms with van der Waals surface area (Å²) in [5.74, 6) is 0.904. The number of rotatable bonds is 2. The van der Waals surface area contributed by atoms with E-state index in [0.717, 1.165) is 6.42 Å². The largest absolute Gasteiger partial charge is 0.339 e. The lowest BCUT2D eigenvalue weighted by molar-refractivity contribution is -0.139. The highest BCUT2D eigenvalue weighted by atomic mass is 16.2. The molecule has 0 unspecified atom stereocenters. The minimum Gasteiger partial charge on any atom is -0.339 e. The van der Waals surface area contributed by atoms with E-state index in [4.69, 9.17) is 0 Å². The Hall–Kier alpha value is -1.84. The predicted molar refractivity (Wildman–Crippen MR) is 85.6 cm³/mol. The molecule has 2 amide bonds. The summed E-state index contributed by atoms with van der Waals surface area (Å²) in [5, 5.41) is 0. The molecule has 4 heteroatoms. The topological polar surface area (TPSA) is 40.6 Å². The van der Waals surface area contributed by atoms with Crippen molar-refractivity contribution >= 4 is 11.8 Å². The summed E-state index contributed by atoms with van der Waals surface area (Å²) >= 11 is 0. The number of hydrogen-bond donors (Lipinski definition) is 0. The molecule has 22 heavy (non-hydrogen) atoms. The van der Waals surface area contributed by atoms with Gasteiger partial charge in [0.1, 0.15) is 0 Å². The Morgan fingerprint density at radius 3 is 2.23 bits per heavy atom. The Labute approximate surface area is 132 Å². The van der Waals surface area contributed by atoms with Crippen LogP contribution in [0.15, 0.2) is 18.2 Å². The second-order valence-corrected chi connectivity index (χ2v) is 6.62. The van der Waals surface area contributed by atoms with E-state index in [1.165, 1.54) is 16.7 Å². The highest BCUT2D eigenvalue weighted by Crippen LogP contribution is 2.48. The van der Waals surface area contributed by atoms with Crippen molar-refractivity contribution in [3.05, 3.63) is 34.9 Å². The van der Waals surface area contributed by atoms with E-state index in [-0.39, 0.29) is 17.7 Å². The van der Waals surface area contributed by atoms with Crippen LogP contribution in [0.2, 0.25) is 0 Å². The molecule has 1 aromatic carbocycles. The van der Waals surface area contributed by atoms with Crippen molar-refractivity contribution in [2.24, 2.45) is 5.92 Å². The van der Waals surface area contributed by atoms with E-state index < -0.39 is 0 Å². The van der Waals surface area contributed by atoms with Gasteiger partial charge in [-0.2, -0.15) is 0 Å². The molecule has 2 fully saturated rings. The fourth-order valence-electron chi connectivity index (χ4n) is 3.31. The smallest absolute Gasteiger partial charge is 0.226 e. The molecule has 0 aromatic heterocycles. The van der Waals surface area contributed by atoms with Gasteiger partial charge in [-0.15, -0.1) is 0 Å². The molecular weight excluding hydrogens is 276 g/mol. The maximum Gasteiger partial charge on any atom is 0.226 e. The van der Waals surface area contributed by atoms with E-state index in [9.17, 15) is 9.59 Å². The highest BCUT2D eigenvalue weighted by Gasteiger charge is 2.46. The second kappa shape index (κ2) is 5.75. The first-order chi connectivity index (χ1) is 10.5. The summed E-state index contributed by atoms with van der Waals surface area (Å²) < 4.78 is 0. The van der Waals surface area contributed by atoms with Gasteiger partial charge in [-0.3, -0.25) is 9.59 Å². The number of carbonyl (C=O) groups is 2. The fraction of sp³-hybridized carbons (Fsp3) is 0.556. The van der Waals surface area contributed by atoms with Crippen molar-refractivity contribution in [3.8, 4) is 0 Å². The van der Waals surface area contributed by atoms with Crippen molar-refractivity contribution in [1.82, 2.24) is 9.80 Å². The molecule has 0 bridgehead atoms. The van der Waals surface area contributed by atoms with Crippen LogP contribution in [-0.4, -0.2) is 47.8 Å². The lowest BCUT2D eigenvalue weighted by Crippen LogP contribution is -2.50. The molecule has 1 saturated heterocycles. The van der Waals surface area contributed by atoms with Gasteiger partial charge in [0.15, 0.2) is 0 Å². The molecule has 0 N–H and O–H groups in total. The Morgan fingerprint density at radius 1 is 1.00 bits per heavy atom. The van der Waals surface area contributed by atoms with Crippen LogP contribution in [0.3, 0.4) is 0 Å². The molecule has 0 spiro atoms. The van der Waals surface area contributed by atoms with E-state index in [1.807, 2.05) is 9.80 Å². The van der Waals surface area contributed by atoms with Crippen LogP contribution in [0.4, 0.5) is 0 Å². The average molecular weight is 300 g/mol. The Balaban J connectivity index is 1.59. The van der Waals surface area contributed by atoms with Crippen LogP contribution >= 0.6 is 0 Å². The number of piperazine rings is 1.